The average molecular weight is 371 g/mol. The van der Waals surface area contributed by atoms with Gasteiger partial charge in [0.15, 0.2) is 0 Å². The molecular formula is C18H20OSn. The molecule has 0 aliphatic carbocycles. The Morgan fingerprint density at radius 2 is 1.15 bits per heavy atom. The van der Waals surface area contributed by atoms with E-state index in [2.05, 4.69) is 60.7 Å². The standard InChI is InChI=1S/C6H10O.2C6H5.Sn/c1-5-3-7-4-6(5)2;2*1-2-4-6-5-3-1;/h5-6H,1-4H2;2*1-5H;/t5-,6+;;;. The van der Waals surface area contributed by atoms with E-state index in [-0.39, 0.29) is 0 Å². The van der Waals surface area contributed by atoms with Crippen LogP contribution in [0, 0.1) is 11.8 Å². The second kappa shape index (κ2) is 5.19. The zero-order valence-electron chi connectivity index (χ0n) is 11.7. The van der Waals surface area contributed by atoms with Crippen molar-refractivity contribution in [2.45, 2.75) is 8.87 Å². The predicted octanol–water partition coefficient (Wildman–Crippen LogP) is 2.53. The van der Waals surface area contributed by atoms with Gasteiger partial charge in [-0.1, -0.05) is 0 Å². The molecule has 0 saturated carbocycles. The van der Waals surface area contributed by atoms with Gasteiger partial charge in [0.05, 0.1) is 0 Å². The fourth-order valence-corrected chi connectivity index (χ4v) is 20.8. The van der Waals surface area contributed by atoms with E-state index >= 15 is 0 Å². The molecule has 0 amide bonds. The van der Waals surface area contributed by atoms with Crippen molar-refractivity contribution >= 4 is 25.5 Å². The van der Waals surface area contributed by atoms with Gasteiger partial charge in [-0.05, 0) is 0 Å². The minimum absolute atomic E-state index is 0.825. The molecule has 2 atom stereocenters. The van der Waals surface area contributed by atoms with Crippen LogP contribution >= 0.6 is 0 Å². The predicted molar refractivity (Wildman–Crippen MR) is 85.3 cm³/mol. The number of hydrogen-bond acceptors (Lipinski definition) is 1. The van der Waals surface area contributed by atoms with Crippen LogP contribution in [0.3, 0.4) is 0 Å². The Bertz CT molecular complexity index is 527. The molecule has 0 aromatic heterocycles. The molecule has 0 spiro atoms. The van der Waals surface area contributed by atoms with E-state index in [0.717, 1.165) is 25.0 Å². The molecule has 0 radical (unpaired) electrons. The molecular weight excluding hydrogens is 351 g/mol. The van der Waals surface area contributed by atoms with Crippen molar-refractivity contribution in [2.75, 3.05) is 13.2 Å². The van der Waals surface area contributed by atoms with E-state index in [9.17, 15) is 0 Å². The van der Waals surface area contributed by atoms with Crippen LogP contribution in [-0.4, -0.2) is 31.6 Å². The fraction of sp³-hybridized carbons (Fsp3) is 0.333. The first-order valence-corrected chi connectivity index (χ1v) is 14.5. The molecule has 2 aromatic carbocycles. The van der Waals surface area contributed by atoms with E-state index in [4.69, 9.17) is 4.74 Å². The molecule has 2 aromatic rings. The monoisotopic (exact) mass is 372 g/mol. The van der Waals surface area contributed by atoms with E-state index in [1.54, 1.807) is 7.16 Å². The first-order valence-electron chi connectivity index (χ1n) is 7.57. The third-order valence-corrected chi connectivity index (χ3v) is 20.4. The van der Waals surface area contributed by atoms with Crippen molar-refractivity contribution < 1.29 is 4.74 Å². The molecule has 0 N–H and O–H groups in total. The molecule has 0 unspecified atom stereocenters. The summed E-state index contributed by atoms with van der Waals surface area (Å²) in [5, 5.41) is 0. The molecule has 2 heterocycles. The number of fused-ring (bicyclic) bond motifs is 1. The molecule has 2 saturated heterocycles. The maximum absolute atomic E-state index is 5.71. The van der Waals surface area contributed by atoms with Gasteiger partial charge in [0, 0.05) is 0 Å². The van der Waals surface area contributed by atoms with Crippen molar-refractivity contribution in [3.8, 4) is 0 Å². The SMILES string of the molecule is c1cc[c]([Sn]2([c]3ccccc3)[CH2][C@H]3COC[C@H]3[CH2]2)cc1. The fourth-order valence-electron chi connectivity index (χ4n) is 4.23. The van der Waals surface area contributed by atoms with Crippen molar-refractivity contribution in [3.63, 3.8) is 0 Å². The van der Waals surface area contributed by atoms with Crippen LogP contribution in [-0.2, 0) is 4.74 Å². The van der Waals surface area contributed by atoms with Crippen LogP contribution in [0.4, 0.5) is 0 Å². The summed E-state index contributed by atoms with van der Waals surface area (Å²) < 4.78 is 12.0. The summed E-state index contributed by atoms with van der Waals surface area (Å²) in [6.45, 7) is 2.01. The molecule has 1 nitrogen and oxygen atoms in total. The van der Waals surface area contributed by atoms with Crippen molar-refractivity contribution in [1.29, 1.82) is 0 Å². The summed E-state index contributed by atoms with van der Waals surface area (Å²) in [6.07, 6.45) is 0. The van der Waals surface area contributed by atoms with Gasteiger partial charge >= 0.3 is 125 Å². The van der Waals surface area contributed by atoms with Crippen LogP contribution in [0.15, 0.2) is 60.7 Å². The number of benzene rings is 2. The summed E-state index contributed by atoms with van der Waals surface area (Å²) in [6, 6.07) is 22.8. The summed E-state index contributed by atoms with van der Waals surface area (Å²) in [7, 11) is 0. The van der Waals surface area contributed by atoms with E-state index in [1.165, 1.54) is 8.87 Å². The second-order valence-electron chi connectivity index (χ2n) is 6.28. The van der Waals surface area contributed by atoms with Gasteiger partial charge in [-0.3, -0.25) is 0 Å². The molecule has 20 heavy (non-hydrogen) atoms. The summed E-state index contributed by atoms with van der Waals surface area (Å²) in [4.78, 5) is 0. The topological polar surface area (TPSA) is 9.23 Å². The summed E-state index contributed by atoms with van der Waals surface area (Å²) >= 11 is -2.46. The third-order valence-electron chi connectivity index (χ3n) is 5.20. The molecule has 4 rings (SSSR count). The van der Waals surface area contributed by atoms with Crippen LogP contribution in [0.2, 0.25) is 8.87 Å². The Morgan fingerprint density at radius 3 is 1.60 bits per heavy atom. The van der Waals surface area contributed by atoms with Gasteiger partial charge in [-0.15, -0.1) is 0 Å². The van der Waals surface area contributed by atoms with E-state index in [1.807, 2.05) is 0 Å². The zero-order chi connectivity index (χ0) is 13.4. The summed E-state index contributed by atoms with van der Waals surface area (Å²) in [5.74, 6) is 1.65. The second-order valence-corrected chi connectivity index (χ2v) is 18.1. The van der Waals surface area contributed by atoms with Crippen molar-refractivity contribution in [3.05, 3.63) is 60.7 Å². The molecule has 2 aliphatic heterocycles. The zero-order valence-corrected chi connectivity index (χ0v) is 14.5. The third kappa shape index (κ3) is 2.03. The molecule has 102 valence electrons. The van der Waals surface area contributed by atoms with Crippen molar-refractivity contribution in [2.24, 2.45) is 11.8 Å². The van der Waals surface area contributed by atoms with Crippen LogP contribution in [0.1, 0.15) is 0 Å². The van der Waals surface area contributed by atoms with Crippen LogP contribution in [0.5, 0.6) is 0 Å². The Kier molecular flexibility index (Phi) is 3.35. The first kappa shape index (κ1) is 12.9. The summed E-state index contributed by atoms with van der Waals surface area (Å²) in [5.41, 5.74) is 0. The Hall–Kier alpha value is -0.801. The van der Waals surface area contributed by atoms with Gasteiger partial charge in [-0.2, -0.15) is 0 Å². The Balaban J connectivity index is 1.82. The Morgan fingerprint density at radius 1 is 0.700 bits per heavy atom. The van der Waals surface area contributed by atoms with Gasteiger partial charge in [-0.25, -0.2) is 0 Å². The van der Waals surface area contributed by atoms with Crippen LogP contribution < -0.4 is 7.16 Å². The van der Waals surface area contributed by atoms with Crippen LogP contribution in [0.25, 0.3) is 0 Å². The van der Waals surface area contributed by atoms with E-state index in [0.29, 0.717) is 0 Å². The number of ether oxygens (including phenoxy) is 1. The normalized spacial score (nSPS) is 27.4. The number of rotatable bonds is 2. The Labute approximate surface area is 124 Å². The molecule has 0 bridgehead atoms. The molecule has 2 aliphatic rings. The minimum atomic E-state index is -2.46. The van der Waals surface area contributed by atoms with Gasteiger partial charge < -0.3 is 0 Å². The molecule has 2 heteroatoms. The van der Waals surface area contributed by atoms with Gasteiger partial charge in [0.1, 0.15) is 0 Å². The average Bonchev–Trinajstić information content (AvgIpc) is 3.09. The van der Waals surface area contributed by atoms with Gasteiger partial charge in [0.2, 0.25) is 0 Å². The number of hydrogen-bond donors (Lipinski definition) is 0. The first-order chi connectivity index (χ1) is 9.88. The maximum atomic E-state index is 5.71. The quantitative estimate of drug-likeness (QED) is 0.738. The van der Waals surface area contributed by atoms with E-state index < -0.39 is 18.4 Å². The van der Waals surface area contributed by atoms with Gasteiger partial charge in [0.25, 0.3) is 0 Å². The van der Waals surface area contributed by atoms with Crippen molar-refractivity contribution in [1.82, 2.24) is 0 Å². The molecule has 2 fully saturated rings.